The van der Waals surface area contributed by atoms with Gasteiger partial charge in [-0.3, -0.25) is 4.79 Å². The minimum atomic E-state index is -3.76. The number of unbranched alkanes of at least 4 members (excludes halogenated alkanes) is 1. The first-order chi connectivity index (χ1) is 9.28. The Labute approximate surface area is 119 Å². The molecule has 7 heteroatoms. The largest absolute Gasteiger partial charge is 0.398 e. The summed E-state index contributed by atoms with van der Waals surface area (Å²) in [5, 5.41) is 0. The Bertz CT molecular complexity index is 585. The van der Waals surface area contributed by atoms with E-state index in [4.69, 9.17) is 11.5 Å². The molecule has 112 valence electrons. The van der Waals surface area contributed by atoms with E-state index in [1.807, 2.05) is 6.92 Å². The summed E-state index contributed by atoms with van der Waals surface area (Å²) in [6.07, 6.45) is 1.48. The minimum Gasteiger partial charge on any atom is -0.398 e. The molecular weight excluding hydrogens is 278 g/mol. The summed E-state index contributed by atoms with van der Waals surface area (Å²) < 4.78 is 26.1. The van der Waals surface area contributed by atoms with Crippen LogP contribution in [0.5, 0.6) is 0 Å². The molecule has 1 aromatic carbocycles. The van der Waals surface area contributed by atoms with Gasteiger partial charge >= 0.3 is 0 Å². The number of amides is 1. The highest BCUT2D eigenvalue weighted by atomic mass is 32.2. The number of hydrogen-bond acceptors (Lipinski definition) is 4. The molecular formula is C13H21N3O3S. The molecule has 0 aliphatic heterocycles. The molecule has 1 aromatic rings. The van der Waals surface area contributed by atoms with Gasteiger partial charge in [-0.25, -0.2) is 8.42 Å². The summed E-state index contributed by atoms with van der Waals surface area (Å²) in [6, 6.07) is 4.54. The molecule has 0 atom stereocenters. The van der Waals surface area contributed by atoms with E-state index in [9.17, 15) is 13.2 Å². The lowest BCUT2D eigenvalue weighted by Crippen LogP contribution is -2.39. The summed E-state index contributed by atoms with van der Waals surface area (Å²) in [7, 11) is -3.76. The number of carbonyl (C=O) groups excluding carboxylic acids is 1. The lowest BCUT2D eigenvalue weighted by molar-refractivity contribution is -0.118. The summed E-state index contributed by atoms with van der Waals surface area (Å²) in [4.78, 5) is 11.1. The average Bonchev–Trinajstić information content (AvgIpc) is 2.37. The molecule has 0 spiro atoms. The number of aryl methyl sites for hydroxylation is 1. The third-order valence-electron chi connectivity index (χ3n) is 2.98. The van der Waals surface area contributed by atoms with Gasteiger partial charge in [0.1, 0.15) is 0 Å². The number of hydrogen-bond donors (Lipinski definition) is 2. The van der Waals surface area contributed by atoms with Crippen molar-refractivity contribution in [2.75, 3.05) is 18.8 Å². The van der Waals surface area contributed by atoms with Crippen molar-refractivity contribution in [3.8, 4) is 0 Å². The number of primary amides is 1. The van der Waals surface area contributed by atoms with Crippen molar-refractivity contribution in [2.24, 2.45) is 5.73 Å². The Morgan fingerprint density at radius 3 is 2.50 bits per heavy atom. The van der Waals surface area contributed by atoms with Crippen LogP contribution in [-0.4, -0.2) is 31.7 Å². The number of rotatable bonds is 7. The Morgan fingerprint density at radius 1 is 1.35 bits per heavy atom. The standard InChI is InChI=1S/C13H21N3O3S/c1-3-4-7-16(9-13(15)17)20(18,19)11-6-5-10(2)12(14)8-11/h5-6,8H,3-4,7,9,14H2,1-2H3,(H2,15,17). The zero-order chi connectivity index (χ0) is 15.3. The molecule has 0 unspecified atom stereocenters. The average molecular weight is 299 g/mol. The van der Waals surface area contributed by atoms with Gasteiger partial charge in [0.2, 0.25) is 15.9 Å². The van der Waals surface area contributed by atoms with E-state index in [0.717, 1.165) is 16.3 Å². The van der Waals surface area contributed by atoms with Crippen molar-refractivity contribution in [1.82, 2.24) is 4.31 Å². The van der Waals surface area contributed by atoms with Crippen molar-refractivity contribution < 1.29 is 13.2 Å². The zero-order valence-electron chi connectivity index (χ0n) is 11.8. The molecule has 20 heavy (non-hydrogen) atoms. The molecule has 0 aliphatic carbocycles. The molecule has 0 bridgehead atoms. The second-order valence-corrected chi connectivity index (χ2v) is 6.61. The van der Waals surface area contributed by atoms with Gasteiger partial charge in [0.15, 0.2) is 0 Å². The molecule has 0 saturated heterocycles. The first-order valence-corrected chi connectivity index (χ1v) is 7.87. The monoisotopic (exact) mass is 299 g/mol. The molecule has 6 nitrogen and oxygen atoms in total. The fourth-order valence-corrected chi connectivity index (χ4v) is 3.20. The molecule has 0 aliphatic rings. The van der Waals surface area contributed by atoms with Gasteiger partial charge in [0.05, 0.1) is 11.4 Å². The molecule has 4 N–H and O–H groups in total. The highest BCUT2D eigenvalue weighted by Crippen LogP contribution is 2.21. The normalized spacial score (nSPS) is 11.8. The fraction of sp³-hybridized carbons (Fsp3) is 0.462. The van der Waals surface area contributed by atoms with Crippen LogP contribution in [0.25, 0.3) is 0 Å². The van der Waals surface area contributed by atoms with E-state index in [0.29, 0.717) is 12.1 Å². The van der Waals surface area contributed by atoms with Crippen molar-refractivity contribution in [3.05, 3.63) is 23.8 Å². The number of nitrogen functional groups attached to an aromatic ring is 1. The molecule has 0 radical (unpaired) electrons. The third-order valence-corrected chi connectivity index (χ3v) is 4.82. The third kappa shape index (κ3) is 3.94. The van der Waals surface area contributed by atoms with E-state index < -0.39 is 15.9 Å². The summed E-state index contributed by atoms with van der Waals surface area (Å²) in [5.41, 5.74) is 12.1. The number of benzene rings is 1. The lowest BCUT2D eigenvalue weighted by Gasteiger charge is -2.21. The SMILES string of the molecule is CCCCN(CC(N)=O)S(=O)(=O)c1ccc(C)c(N)c1. The van der Waals surface area contributed by atoms with Crippen LogP contribution >= 0.6 is 0 Å². The van der Waals surface area contributed by atoms with Crippen LogP contribution in [0, 0.1) is 6.92 Å². The predicted molar refractivity (Wildman–Crippen MR) is 78.5 cm³/mol. The van der Waals surface area contributed by atoms with E-state index in [2.05, 4.69) is 0 Å². The fourth-order valence-electron chi connectivity index (χ4n) is 1.72. The van der Waals surface area contributed by atoms with Crippen LogP contribution in [-0.2, 0) is 14.8 Å². The quantitative estimate of drug-likeness (QED) is 0.728. The number of carbonyl (C=O) groups is 1. The van der Waals surface area contributed by atoms with Gasteiger partial charge in [-0.1, -0.05) is 19.4 Å². The smallest absolute Gasteiger partial charge is 0.243 e. The Morgan fingerprint density at radius 2 is 2.00 bits per heavy atom. The van der Waals surface area contributed by atoms with Crippen molar-refractivity contribution in [1.29, 1.82) is 0 Å². The molecule has 1 rings (SSSR count). The van der Waals surface area contributed by atoms with Crippen molar-refractivity contribution >= 4 is 21.6 Å². The first-order valence-electron chi connectivity index (χ1n) is 6.43. The zero-order valence-corrected chi connectivity index (χ0v) is 12.6. The maximum Gasteiger partial charge on any atom is 0.243 e. The Kier molecular flexibility index (Phi) is 5.52. The van der Waals surface area contributed by atoms with Crippen LogP contribution in [0.1, 0.15) is 25.3 Å². The van der Waals surface area contributed by atoms with E-state index in [-0.39, 0.29) is 18.0 Å². The molecule has 0 saturated carbocycles. The second kappa shape index (κ2) is 6.71. The topological polar surface area (TPSA) is 106 Å². The van der Waals surface area contributed by atoms with Crippen LogP contribution in [0.15, 0.2) is 23.1 Å². The lowest BCUT2D eigenvalue weighted by atomic mass is 10.2. The molecule has 1 amide bonds. The second-order valence-electron chi connectivity index (χ2n) is 4.68. The number of nitrogens with two attached hydrogens (primary N) is 2. The van der Waals surface area contributed by atoms with E-state index in [1.54, 1.807) is 13.0 Å². The van der Waals surface area contributed by atoms with Crippen LogP contribution in [0.2, 0.25) is 0 Å². The highest BCUT2D eigenvalue weighted by Gasteiger charge is 2.25. The number of anilines is 1. The van der Waals surface area contributed by atoms with Gasteiger partial charge in [-0.15, -0.1) is 0 Å². The number of nitrogens with zero attached hydrogens (tertiary/aromatic N) is 1. The Balaban J connectivity index is 3.13. The van der Waals surface area contributed by atoms with Crippen molar-refractivity contribution in [3.63, 3.8) is 0 Å². The number of sulfonamides is 1. The van der Waals surface area contributed by atoms with Gasteiger partial charge in [0.25, 0.3) is 0 Å². The van der Waals surface area contributed by atoms with Crippen LogP contribution < -0.4 is 11.5 Å². The van der Waals surface area contributed by atoms with Gasteiger partial charge in [0, 0.05) is 12.2 Å². The Hall–Kier alpha value is -1.60. The summed E-state index contributed by atoms with van der Waals surface area (Å²) in [5.74, 6) is -0.676. The van der Waals surface area contributed by atoms with Gasteiger partial charge in [-0.2, -0.15) is 4.31 Å². The van der Waals surface area contributed by atoms with E-state index >= 15 is 0 Å². The van der Waals surface area contributed by atoms with Gasteiger partial charge in [-0.05, 0) is 31.0 Å². The molecule has 0 heterocycles. The first kappa shape index (κ1) is 16.5. The van der Waals surface area contributed by atoms with Gasteiger partial charge < -0.3 is 11.5 Å². The summed E-state index contributed by atoms with van der Waals surface area (Å²) >= 11 is 0. The molecule has 0 fully saturated rings. The summed E-state index contributed by atoms with van der Waals surface area (Å²) in [6.45, 7) is 3.68. The molecule has 0 aromatic heterocycles. The van der Waals surface area contributed by atoms with Crippen LogP contribution in [0.3, 0.4) is 0 Å². The van der Waals surface area contributed by atoms with E-state index in [1.165, 1.54) is 12.1 Å². The van der Waals surface area contributed by atoms with Crippen LogP contribution in [0.4, 0.5) is 5.69 Å². The minimum absolute atomic E-state index is 0.0814. The highest BCUT2D eigenvalue weighted by molar-refractivity contribution is 7.89. The predicted octanol–water partition coefficient (Wildman–Crippen LogP) is 0.853. The maximum atomic E-state index is 12.5. The maximum absolute atomic E-state index is 12.5. The van der Waals surface area contributed by atoms with Crippen molar-refractivity contribution in [2.45, 2.75) is 31.6 Å².